The minimum atomic E-state index is -0.127. The largest absolute Gasteiger partial charge is 0.326 e. The molecule has 0 aromatic rings. The minimum Gasteiger partial charge on any atom is -0.326 e. The van der Waals surface area contributed by atoms with E-state index in [0.29, 0.717) is 0 Å². The number of hydrogen-bond donors (Lipinski definition) is 0. The van der Waals surface area contributed by atoms with E-state index in [1.54, 1.807) is 4.90 Å². The van der Waals surface area contributed by atoms with Gasteiger partial charge < -0.3 is 4.90 Å². The average Bonchev–Trinajstić information content (AvgIpc) is 2.82. The molecular weight excluding hydrogens is 152 g/mol. The number of likely N-dealkylation sites (tertiary alicyclic amines) is 1. The summed E-state index contributed by atoms with van der Waals surface area (Å²) in [6.45, 7) is 0.799. The van der Waals surface area contributed by atoms with E-state index in [1.165, 1.54) is 0 Å². The van der Waals surface area contributed by atoms with Crippen molar-refractivity contribution in [1.29, 1.82) is 5.26 Å². The van der Waals surface area contributed by atoms with Gasteiger partial charge in [-0.1, -0.05) is 0 Å². The fraction of sp³-hybridized carbons (Fsp3) is 0.778. The Morgan fingerprint density at radius 2 is 2.17 bits per heavy atom. The first kappa shape index (κ1) is 7.60. The lowest BCUT2D eigenvalue weighted by Crippen LogP contribution is -2.35. The van der Waals surface area contributed by atoms with Crippen molar-refractivity contribution < 1.29 is 4.79 Å². The van der Waals surface area contributed by atoms with E-state index in [4.69, 9.17) is 5.26 Å². The molecule has 1 heterocycles. The number of nitrogens with zero attached hydrogens (tertiary/aromatic N) is 2. The SMILES string of the molecule is N#CC1CCCN1C(=O)C1CC1. The highest BCUT2D eigenvalue weighted by Crippen LogP contribution is 2.33. The van der Waals surface area contributed by atoms with Crippen LogP contribution in [0, 0.1) is 17.2 Å². The summed E-state index contributed by atoms with van der Waals surface area (Å²) in [5.41, 5.74) is 0. The average molecular weight is 164 g/mol. The van der Waals surface area contributed by atoms with Crippen molar-refractivity contribution in [3.05, 3.63) is 0 Å². The third kappa shape index (κ3) is 1.18. The van der Waals surface area contributed by atoms with Gasteiger partial charge in [-0.25, -0.2) is 0 Å². The maximum absolute atomic E-state index is 11.6. The van der Waals surface area contributed by atoms with Crippen LogP contribution in [0.3, 0.4) is 0 Å². The second kappa shape index (κ2) is 2.78. The maximum Gasteiger partial charge on any atom is 0.226 e. The molecule has 0 radical (unpaired) electrons. The lowest BCUT2D eigenvalue weighted by Gasteiger charge is -2.18. The van der Waals surface area contributed by atoms with Crippen LogP contribution in [0.4, 0.5) is 0 Å². The Morgan fingerprint density at radius 3 is 2.75 bits per heavy atom. The van der Waals surface area contributed by atoms with Crippen molar-refractivity contribution in [2.45, 2.75) is 31.7 Å². The Balaban J connectivity index is 2.02. The van der Waals surface area contributed by atoms with Gasteiger partial charge in [0.15, 0.2) is 0 Å². The van der Waals surface area contributed by atoms with Gasteiger partial charge in [0.2, 0.25) is 5.91 Å². The topological polar surface area (TPSA) is 44.1 Å². The van der Waals surface area contributed by atoms with Crippen molar-refractivity contribution >= 4 is 5.91 Å². The Morgan fingerprint density at radius 1 is 1.42 bits per heavy atom. The normalized spacial score (nSPS) is 28.6. The smallest absolute Gasteiger partial charge is 0.226 e. The van der Waals surface area contributed by atoms with Crippen LogP contribution in [0.1, 0.15) is 25.7 Å². The van der Waals surface area contributed by atoms with Gasteiger partial charge in [-0.3, -0.25) is 4.79 Å². The van der Waals surface area contributed by atoms with Gasteiger partial charge in [-0.2, -0.15) is 5.26 Å². The summed E-state index contributed by atoms with van der Waals surface area (Å²) in [4.78, 5) is 13.3. The molecule has 64 valence electrons. The number of rotatable bonds is 1. The van der Waals surface area contributed by atoms with Crippen LogP contribution in [0.25, 0.3) is 0 Å². The van der Waals surface area contributed by atoms with Crippen molar-refractivity contribution in [2.24, 2.45) is 5.92 Å². The van der Waals surface area contributed by atoms with E-state index in [-0.39, 0.29) is 17.9 Å². The second-order valence-corrected chi connectivity index (χ2v) is 3.59. The molecule has 0 aromatic heterocycles. The number of nitriles is 1. The molecule has 1 amide bonds. The summed E-state index contributed by atoms with van der Waals surface area (Å²) in [6.07, 6.45) is 3.94. The van der Waals surface area contributed by atoms with Crippen molar-refractivity contribution in [1.82, 2.24) is 4.90 Å². The summed E-state index contributed by atoms with van der Waals surface area (Å²) in [6, 6.07) is 2.06. The Kier molecular flexibility index (Phi) is 1.76. The van der Waals surface area contributed by atoms with Gasteiger partial charge >= 0.3 is 0 Å². The number of amides is 1. The van der Waals surface area contributed by atoms with Crippen LogP contribution in [0.2, 0.25) is 0 Å². The molecular formula is C9H12N2O. The van der Waals surface area contributed by atoms with E-state index in [9.17, 15) is 4.79 Å². The second-order valence-electron chi connectivity index (χ2n) is 3.59. The molecule has 2 aliphatic rings. The molecule has 1 aliphatic heterocycles. The molecule has 2 fully saturated rings. The monoisotopic (exact) mass is 164 g/mol. The zero-order chi connectivity index (χ0) is 8.55. The quantitative estimate of drug-likeness (QED) is 0.578. The third-order valence-corrected chi connectivity index (χ3v) is 2.61. The first-order valence-corrected chi connectivity index (χ1v) is 4.53. The van der Waals surface area contributed by atoms with E-state index in [1.807, 2.05) is 0 Å². The van der Waals surface area contributed by atoms with Crippen LogP contribution >= 0.6 is 0 Å². The van der Waals surface area contributed by atoms with Gasteiger partial charge in [0.1, 0.15) is 6.04 Å². The molecule has 12 heavy (non-hydrogen) atoms. The number of hydrogen-bond acceptors (Lipinski definition) is 2. The molecule has 1 saturated heterocycles. The molecule has 3 heteroatoms. The minimum absolute atomic E-state index is 0.127. The van der Waals surface area contributed by atoms with Crippen LogP contribution in [-0.2, 0) is 4.79 Å². The van der Waals surface area contributed by atoms with Gasteiger partial charge in [0.25, 0.3) is 0 Å². The molecule has 0 N–H and O–H groups in total. The number of carbonyl (C=O) groups is 1. The Bertz CT molecular complexity index is 239. The highest BCUT2D eigenvalue weighted by Gasteiger charge is 2.38. The molecule has 2 rings (SSSR count). The lowest BCUT2D eigenvalue weighted by molar-refractivity contribution is -0.132. The zero-order valence-corrected chi connectivity index (χ0v) is 6.99. The number of carbonyl (C=O) groups excluding carboxylic acids is 1. The van der Waals surface area contributed by atoms with Gasteiger partial charge in [0, 0.05) is 12.5 Å². The summed E-state index contributed by atoms with van der Waals surface area (Å²) in [5, 5.41) is 8.74. The molecule has 3 nitrogen and oxygen atoms in total. The third-order valence-electron chi connectivity index (χ3n) is 2.61. The van der Waals surface area contributed by atoms with Crippen LogP contribution in [-0.4, -0.2) is 23.4 Å². The first-order chi connectivity index (χ1) is 5.83. The molecule has 1 saturated carbocycles. The first-order valence-electron chi connectivity index (χ1n) is 4.53. The van der Waals surface area contributed by atoms with Gasteiger partial charge in [0.05, 0.1) is 6.07 Å². The van der Waals surface area contributed by atoms with E-state index in [0.717, 1.165) is 32.2 Å². The molecule has 0 aromatic carbocycles. The summed E-state index contributed by atoms with van der Waals surface area (Å²) >= 11 is 0. The fourth-order valence-corrected chi connectivity index (χ4v) is 1.73. The molecule has 1 unspecified atom stereocenters. The predicted octanol–water partition coefficient (Wildman–Crippen LogP) is 0.911. The highest BCUT2D eigenvalue weighted by atomic mass is 16.2. The fourth-order valence-electron chi connectivity index (χ4n) is 1.73. The molecule has 1 atom stereocenters. The van der Waals surface area contributed by atoms with E-state index < -0.39 is 0 Å². The van der Waals surface area contributed by atoms with Crippen LogP contribution in [0.15, 0.2) is 0 Å². The molecule has 0 spiro atoms. The van der Waals surface area contributed by atoms with Crippen molar-refractivity contribution in [2.75, 3.05) is 6.54 Å². The maximum atomic E-state index is 11.6. The summed E-state index contributed by atoms with van der Waals surface area (Å²) in [7, 11) is 0. The van der Waals surface area contributed by atoms with Crippen molar-refractivity contribution in [3.63, 3.8) is 0 Å². The predicted molar refractivity (Wildman–Crippen MR) is 43.1 cm³/mol. The lowest BCUT2D eigenvalue weighted by atomic mass is 10.2. The Labute approximate surface area is 72.0 Å². The highest BCUT2D eigenvalue weighted by molar-refractivity contribution is 5.81. The molecule has 0 bridgehead atoms. The van der Waals surface area contributed by atoms with E-state index in [2.05, 4.69) is 6.07 Å². The van der Waals surface area contributed by atoms with Gasteiger partial charge in [-0.05, 0) is 25.7 Å². The zero-order valence-electron chi connectivity index (χ0n) is 6.99. The Hall–Kier alpha value is -1.04. The van der Waals surface area contributed by atoms with E-state index >= 15 is 0 Å². The summed E-state index contributed by atoms with van der Waals surface area (Å²) < 4.78 is 0. The van der Waals surface area contributed by atoms with Crippen LogP contribution < -0.4 is 0 Å². The summed E-state index contributed by atoms with van der Waals surface area (Å²) in [5.74, 6) is 0.484. The van der Waals surface area contributed by atoms with Crippen LogP contribution in [0.5, 0.6) is 0 Å². The van der Waals surface area contributed by atoms with Gasteiger partial charge in [-0.15, -0.1) is 0 Å². The van der Waals surface area contributed by atoms with Crippen molar-refractivity contribution in [3.8, 4) is 6.07 Å². The standard InChI is InChI=1S/C9H12N2O/c10-6-8-2-1-5-11(8)9(12)7-3-4-7/h7-8H,1-5H2. The molecule has 1 aliphatic carbocycles.